The van der Waals surface area contributed by atoms with Gasteiger partial charge in [0.25, 0.3) is 0 Å². The Morgan fingerprint density at radius 1 is 1.29 bits per heavy atom. The van der Waals surface area contributed by atoms with Crippen molar-refractivity contribution >= 4 is 5.91 Å². The lowest BCUT2D eigenvalue weighted by Gasteiger charge is -2.44. The van der Waals surface area contributed by atoms with E-state index in [4.69, 9.17) is 9.47 Å². The van der Waals surface area contributed by atoms with Crippen molar-refractivity contribution < 1.29 is 14.3 Å². The van der Waals surface area contributed by atoms with Crippen LogP contribution in [-0.4, -0.2) is 49.8 Å². The number of ether oxygens (including phenoxy) is 2. The lowest BCUT2D eigenvalue weighted by Crippen LogP contribution is -2.57. The lowest BCUT2D eigenvalue weighted by atomic mass is 9.90. The van der Waals surface area contributed by atoms with Crippen LogP contribution in [0.1, 0.15) is 18.4 Å². The Morgan fingerprint density at radius 2 is 2.00 bits per heavy atom. The molecule has 21 heavy (non-hydrogen) atoms. The van der Waals surface area contributed by atoms with E-state index >= 15 is 0 Å². The topological polar surface area (TPSA) is 50.8 Å². The van der Waals surface area contributed by atoms with Gasteiger partial charge >= 0.3 is 0 Å². The Kier molecular flexibility index (Phi) is 4.12. The summed E-state index contributed by atoms with van der Waals surface area (Å²) in [5, 5.41) is 3.35. The van der Waals surface area contributed by atoms with Crippen LogP contribution < -0.4 is 10.1 Å². The van der Waals surface area contributed by atoms with Crippen molar-refractivity contribution in [3.8, 4) is 5.75 Å². The summed E-state index contributed by atoms with van der Waals surface area (Å²) in [6, 6.07) is 7.88. The second-order valence-electron chi connectivity index (χ2n) is 5.82. The number of amides is 1. The predicted molar refractivity (Wildman–Crippen MR) is 79.2 cm³/mol. The number of hydrogen-bond donors (Lipinski definition) is 1. The highest BCUT2D eigenvalue weighted by atomic mass is 16.5. The van der Waals surface area contributed by atoms with Gasteiger partial charge in [-0.3, -0.25) is 4.79 Å². The van der Waals surface area contributed by atoms with Crippen LogP contribution in [0.4, 0.5) is 0 Å². The number of nitrogens with one attached hydrogen (secondary N) is 1. The number of hydrogen-bond acceptors (Lipinski definition) is 4. The van der Waals surface area contributed by atoms with Gasteiger partial charge in [0, 0.05) is 6.54 Å². The number of carbonyl (C=O) groups excluding carboxylic acids is 1. The Balaban J connectivity index is 1.68. The first-order valence-corrected chi connectivity index (χ1v) is 7.46. The zero-order valence-electron chi connectivity index (χ0n) is 12.4. The summed E-state index contributed by atoms with van der Waals surface area (Å²) in [6.45, 7) is 3.46. The minimum Gasteiger partial charge on any atom is -0.497 e. The summed E-state index contributed by atoms with van der Waals surface area (Å²) in [6.07, 6.45) is 1.94. The van der Waals surface area contributed by atoms with Gasteiger partial charge in [-0.15, -0.1) is 0 Å². The number of rotatable bonds is 3. The molecule has 0 aliphatic carbocycles. The molecule has 2 aliphatic rings. The fourth-order valence-corrected chi connectivity index (χ4v) is 3.07. The monoisotopic (exact) mass is 290 g/mol. The summed E-state index contributed by atoms with van der Waals surface area (Å²) >= 11 is 0. The Bertz CT molecular complexity index is 495. The lowest BCUT2D eigenvalue weighted by molar-refractivity contribution is -0.168. The van der Waals surface area contributed by atoms with Crippen LogP contribution in [0.15, 0.2) is 24.3 Å². The molecule has 0 radical (unpaired) electrons. The maximum atomic E-state index is 12.1. The fraction of sp³-hybridized carbons (Fsp3) is 0.562. The van der Waals surface area contributed by atoms with Gasteiger partial charge in [0.1, 0.15) is 12.4 Å². The summed E-state index contributed by atoms with van der Waals surface area (Å²) in [5.74, 6) is 0.914. The van der Waals surface area contributed by atoms with Crippen LogP contribution >= 0.6 is 0 Å². The highest BCUT2D eigenvalue weighted by Gasteiger charge is 2.40. The predicted octanol–water partition coefficient (Wildman–Crippen LogP) is 1.18. The van der Waals surface area contributed by atoms with Crippen molar-refractivity contribution in [3.63, 3.8) is 0 Å². The molecule has 1 aromatic carbocycles. The molecule has 0 saturated carbocycles. The van der Waals surface area contributed by atoms with Crippen molar-refractivity contribution in [2.75, 3.05) is 33.4 Å². The minimum absolute atomic E-state index is 0.0787. The zero-order chi connectivity index (χ0) is 14.7. The molecule has 1 aromatic rings. The SMILES string of the molecule is COc1ccc(CN2CC3(CCNCC3)OCC2=O)cc1. The number of piperidine rings is 1. The van der Waals surface area contributed by atoms with Gasteiger partial charge in [-0.2, -0.15) is 0 Å². The molecule has 0 atom stereocenters. The minimum atomic E-state index is -0.147. The van der Waals surface area contributed by atoms with E-state index in [9.17, 15) is 4.79 Å². The number of morpholine rings is 1. The van der Waals surface area contributed by atoms with E-state index in [0.717, 1.165) is 37.2 Å². The quantitative estimate of drug-likeness (QED) is 0.908. The van der Waals surface area contributed by atoms with Crippen molar-refractivity contribution in [1.29, 1.82) is 0 Å². The Labute approximate surface area is 125 Å². The number of benzene rings is 1. The van der Waals surface area contributed by atoms with E-state index < -0.39 is 0 Å². The maximum Gasteiger partial charge on any atom is 0.248 e. The van der Waals surface area contributed by atoms with Crippen LogP contribution in [0.2, 0.25) is 0 Å². The molecule has 2 saturated heterocycles. The highest BCUT2D eigenvalue weighted by molar-refractivity contribution is 5.78. The van der Waals surface area contributed by atoms with E-state index in [1.54, 1.807) is 7.11 Å². The summed E-state index contributed by atoms with van der Waals surface area (Å²) in [5.41, 5.74) is 0.973. The normalized spacial score (nSPS) is 21.6. The molecule has 2 fully saturated rings. The third-order valence-corrected chi connectivity index (χ3v) is 4.38. The molecular formula is C16H22N2O3. The van der Waals surface area contributed by atoms with E-state index in [1.807, 2.05) is 29.2 Å². The van der Waals surface area contributed by atoms with Gasteiger partial charge in [-0.1, -0.05) is 12.1 Å². The Hall–Kier alpha value is -1.59. The van der Waals surface area contributed by atoms with Crippen LogP contribution in [-0.2, 0) is 16.1 Å². The van der Waals surface area contributed by atoms with Gasteiger partial charge in [-0.25, -0.2) is 0 Å². The number of methoxy groups -OCH3 is 1. The smallest absolute Gasteiger partial charge is 0.248 e. The van der Waals surface area contributed by atoms with Gasteiger partial charge in [0.2, 0.25) is 5.91 Å². The van der Waals surface area contributed by atoms with Crippen molar-refractivity contribution in [2.24, 2.45) is 0 Å². The maximum absolute atomic E-state index is 12.1. The highest BCUT2D eigenvalue weighted by Crippen LogP contribution is 2.28. The standard InChI is InChI=1S/C16H22N2O3/c1-20-14-4-2-13(3-5-14)10-18-12-16(21-11-15(18)19)6-8-17-9-7-16/h2-5,17H,6-12H2,1H3. The molecule has 5 heteroatoms. The molecule has 2 heterocycles. The van der Waals surface area contributed by atoms with E-state index in [1.165, 1.54) is 0 Å². The van der Waals surface area contributed by atoms with Gasteiger partial charge in [-0.05, 0) is 43.6 Å². The van der Waals surface area contributed by atoms with Gasteiger partial charge < -0.3 is 19.7 Å². The second kappa shape index (κ2) is 6.03. The average Bonchev–Trinajstić information content (AvgIpc) is 2.53. The molecule has 1 spiro atoms. The van der Waals surface area contributed by atoms with E-state index in [0.29, 0.717) is 13.1 Å². The molecule has 0 bridgehead atoms. The largest absolute Gasteiger partial charge is 0.497 e. The molecule has 1 N–H and O–H groups in total. The molecule has 1 amide bonds. The molecular weight excluding hydrogens is 268 g/mol. The summed E-state index contributed by atoms with van der Waals surface area (Å²) in [4.78, 5) is 14.0. The molecule has 2 aliphatic heterocycles. The third-order valence-electron chi connectivity index (χ3n) is 4.38. The van der Waals surface area contributed by atoms with Crippen LogP contribution in [0.5, 0.6) is 5.75 Å². The molecule has 0 aromatic heterocycles. The molecule has 3 rings (SSSR count). The van der Waals surface area contributed by atoms with Gasteiger partial charge in [0.05, 0.1) is 19.3 Å². The molecule has 0 unspecified atom stereocenters. The van der Waals surface area contributed by atoms with E-state index in [2.05, 4.69) is 5.32 Å². The first kappa shape index (κ1) is 14.4. The number of nitrogens with zero attached hydrogens (tertiary/aromatic N) is 1. The van der Waals surface area contributed by atoms with Crippen molar-refractivity contribution in [3.05, 3.63) is 29.8 Å². The van der Waals surface area contributed by atoms with Crippen molar-refractivity contribution in [2.45, 2.75) is 25.0 Å². The average molecular weight is 290 g/mol. The summed E-state index contributed by atoms with van der Waals surface area (Å²) < 4.78 is 11.0. The zero-order valence-corrected chi connectivity index (χ0v) is 12.4. The molecule has 5 nitrogen and oxygen atoms in total. The van der Waals surface area contributed by atoms with E-state index in [-0.39, 0.29) is 18.1 Å². The van der Waals surface area contributed by atoms with Crippen LogP contribution in [0.3, 0.4) is 0 Å². The second-order valence-corrected chi connectivity index (χ2v) is 5.82. The van der Waals surface area contributed by atoms with Crippen LogP contribution in [0, 0.1) is 0 Å². The fourth-order valence-electron chi connectivity index (χ4n) is 3.07. The Morgan fingerprint density at radius 3 is 2.67 bits per heavy atom. The third kappa shape index (κ3) is 3.19. The summed E-state index contributed by atoms with van der Waals surface area (Å²) in [7, 11) is 1.65. The van der Waals surface area contributed by atoms with Crippen molar-refractivity contribution in [1.82, 2.24) is 10.2 Å². The van der Waals surface area contributed by atoms with Crippen LogP contribution in [0.25, 0.3) is 0 Å². The first-order valence-electron chi connectivity index (χ1n) is 7.46. The molecule has 114 valence electrons. The first-order chi connectivity index (χ1) is 10.2. The van der Waals surface area contributed by atoms with Gasteiger partial charge in [0.15, 0.2) is 0 Å². The number of carbonyl (C=O) groups is 1.